The van der Waals surface area contributed by atoms with E-state index in [0.717, 1.165) is 0 Å². The van der Waals surface area contributed by atoms with E-state index in [2.05, 4.69) is 10.0 Å². The third-order valence-corrected chi connectivity index (χ3v) is 5.11. The number of carbonyl (C=O) groups is 2. The van der Waals surface area contributed by atoms with Crippen molar-refractivity contribution in [2.24, 2.45) is 5.92 Å². The van der Waals surface area contributed by atoms with Gasteiger partial charge in [0.1, 0.15) is 10.6 Å². The van der Waals surface area contributed by atoms with Gasteiger partial charge in [-0.15, -0.1) is 0 Å². The van der Waals surface area contributed by atoms with Gasteiger partial charge in [-0.1, -0.05) is 18.5 Å². The summed E-state index contributed by atoms with van der Waals surface area (Å²) < 4.78 is 37.1. The number of amides is 1. The van der Waals surface area contributed by atoms with E-state index in [0.29, 0.717) is 5.69 Å². The first-order chi connectivity index (χ1) is 11.2. The van der Waals surface area contributed by atoms with Gasteiger partial charge in [0.25, 0.3) is 5.91 Å². The maximum absolute atomic E-state index is 12.4. The Labute approximate surface area is 144 Å². The van der Waals surface area contributed by atoms with Crippen molar-refractivity contribution in [1.82, 2.24) is 4.72 Å². The molecule has 1 aromatic rings. The van der Waals surface area contributed by atoms with Crippen molar-refractivity contribution in [3.8, 4) is 5.75 Å². The minimum atomic E-state index is -3.96. The van der Waals surface area contributed by atoms with E-state index in [9.17, 15) is 18.0 Å². The second kappa shape index (κ2) is 7.37. The minimum absolute atomic E-state index is 0.0733. The molecule has 0 spiro atoms. The Morgan fingerprint density at radius 3 is 2.88 bits per heavy atom. The van der Waals surface area contributed by atoms with E-state index in [1.54, 1.807) is 13.8 Å². The highest BCUT2D eigenvalue weighted by Crippen LogP contribution is 2.35. The van der Waals surface area contributed by atoms with Gasteiger partial charge in [-0.25, -0.2) is 13.1 Å². The van der Waals surface area contributed by atoms with Crippen molar-refractivity contribution in [1.29, 1.82) is 0 Å². The zero-order valence-electron chi connectivity index (χ0n) is 13.1. The molecule has 24 heavy (non-hydrogen) atoms. The van der Waals surface area contributed by atoms with Crippen LogP contribution in [0.15, 0.2) is 17.0 Å². The van der Waals surface area contributed by atoms with E-state index >= 15 is 0 Å². The van der Waals surface area contributed by atoms with Crippen LogP contribution < -0.4 is 14.8 Å². The van der Waals surface area contributed by atoms with Crippen molar-refractivity contribution in [2.75, 3.05) is 25.1 Å². The molecule has 0 aromatic heterocycles. The topological polar surface area (TPSA) is 111 Å². The number of benzene rings is 1. The van der Waals surface area contributed by atoms with Crippen LogP contribution in [0.4, 0.5) is 5.69 Å². The molecular formula is C14H17ClN2O6S. The average Bonchev–Trinajstić information content (AvgIpc) is 2.51. The molecule has 8 nitrogen and oxygen atoms in total. The second-order valence-corrected chi connectivity index (χ2v) is 7.26. The predicted molar refractivity (Wildman–Crippen MR) is 86.6 cm³/mol. The van der Waals surface area contributed by atoms with E-state index in [1.165, 1.54) is 12.1 Å². The summed E-state index contributed by atoms with van der Waals surface area (Å²) >= 11 is 6.00. The van der Waals surface area contributed by atoms with E-state index < -0.39 is 21.9 Å². The first kappa shape index (κ1) is 18.5. The Morgan fingerprint density at radius 2 is 2.21 bits per heavy atom. The Kier molecular flexibility index (Phi) is 5.68. The number of halogens is 1. The van der Waals surface area contributed by atoms with E-state index in [4.69, 9.17) is 21.1 Å². The van der Waals surface area contributed by atoms with E-state index in [1.807, 2.05) is 0 Å². The quantitative estimate of drug-likeness (QED) is 0.720. The SMILES string of the molecule is CCOC(=O)C(C)CNS(=O)(=O)c1cc2c(cc1Cl)NC(=O)CO2. The fourth-order valence-electron chi connectivity index (χ4n) is 1.97. The average molecular weight is 377 g/mol. The summed E-state index contributed by atoms with van der Waals surface area (Å²) in [5.74, 6) is -1.29. The molecule has 10 heteroatoms. The van der Waals surface area contributed by atoms with Crippen LogP contribution in [-0.2, 0) is 24.3 Å². The first-order valence-corrected chi connectivity index (χ1v) is 9.03. The maximum Gasteiger partial charge on any atom is 0.309 e. The predicted octanol–water partition coefficient (Wildman–Crippen LogP) is 1.15. The summed E-state index contributed by atoms with van der Waals surface area (Å²) in [6.07, 6.45) is 0. The van der Waals surface area contributed by atoms with Crippen LogP contribution in [0.25, 0.3) is 0 Å². The highest BCUT2D eigenvalue weighted by atomic mass is 35.5. The number of ether oxygens (including phenoxy) is 2. The second-order valence-electron chi connectivity index (χ2n) is 5.12. The van der Waals surface area contributed by atoms with Crippen LogP contribution in [0, 0.1) is 5.92 Å². The molecule has 0 aliphatic carbocycles. The number of anilines is 1. The third kappa shape index (κ3) is 4.16. The molecule has 1 heterocycles. The molecule has 1 atom stereocenters. The molecule has 0 saturated heterocycles. The summed E-state index contributed by atoms with van der Waals surface area (Å²) in [6.45, 7) is 3.09. The molecule has 132 valence electrons. The normalized spacial score (nSPS) is 15.0. The fraction of sp³-hybridized carbons (Fsp3) is 0.429. The summed E-state index contributed by atoms with van der Waals surface area (Å²) in [5.41, 5.74) is 0.301. The van der Waals surface area contributed by atoms with Gasteiger partial charge in [0, 0.05) is 12.6 Å². The molecule has 0 radical (unpaired) electrons. The lowest BCUT2D eigenvalue weighted by Crippen LogP contribution is -2.33. The standard InChI is InChI=1S/C14H17ClN2O6S/c1-3-22-14(19)8(2)6-16-24(20,21)12-5-11-10(4-9(12)15)17-13(18)7-23-11/h4-5,8,16H,3,6-7H2,1-2H3,(H,17,18). The number of carbonyl (C=O) groups excluding carboxylic acids is 2. The lowest BCUT2D eigenvalue weighted by molar-refractivity contribution is -0.147. The number of fused-ring (bicyclic) bond motifs is 1. The zero-order chi connectivity index (χ0) is 17.9. The molecule has 1 unspecified atom stereocenters. The molecule has 2 N–H and O–H groups in total. The summed E-state index contributed by atoms with van der Waals surface area (Å²) in [7, 11) is -3.96. The lowest BCUT2D eigenvalue weighted by Gasteiger charge is -2.20. The van der Waals surface area contributed by atoms with Crippen molar-refractivity contribution >= 4 is 39.2 Å². The van der Waals surface area contributed by atoms with Crippen molar-refractivity contribution in [3.63, 3.8) is 0 Å². The van der Waals surface area contributed by atoms with E-state index in [-0.39, 0.29) is 41.3 Å². The maximum atomic E-state index is 12.4. The molecule has 1 aliphatic rings. The number of nitrogens with one attached hydrogen (secondary N) is 2. The lowest BCUT2D eigenvalue weighted by atomic mass is 10.2. The number of hydrogen-bond donors (Lipinski definition) is 2. The fourth-order valence-corrected chi connectivity index (χ4v) is 3.64. The summed E-state index contributed by atoms with van der Waals surface area (Å²) in [6, 6.07) is 2.53. The van der Waals surface area contributed by atoms with Crippen LogP contribution in [0.3, 0.4) is 0 Å². The highest BCUT2D eigenvalue weighted by Gasteiger charge is 2.25. The van der Waals surface area contributed by atoms with Gasteiger partial charge >= 0.3 is 5.97 Å². The Hall–Kier alpha value is -1.84. The Balaban J connectivity index is 2.17. The summed E-state index contributed by atoms with van der Waals surface area (Å²) in [5, 5.41) is 2.46. The van der Waals surface area contributed by atoms with Gasteiger partial charge in [0.15, 0.2) is 6.61 Å². The van der Waals surface area contributed by atoms with Gasteiger partial charge in [-0.05, 0) is 13.0 Å². The van der Waals surface area contributed by atoms with Crippen LogP contribution in [0.5, 0.6) is 5.75 Å². The van der Waals surface area contributed by atoms with Gasteiger partial charge in [0.05, 0.1) is 23.2 Å². The van der Waals surface area contributed by atoms with Crippen LogP contribution >= 0.6 is 11.6 Å². The molecular weight excluding hydrogens is 360 g/mol. The summed E-state index contributed by atoms with van der Waals surface area (Å²) in [4.78, 5) is 22.6. The number of rotatable bonds is 6. The van der Waals surface area contributed by atoms with Crippen molar-refractivity contribution < 1.29 is 27.5 Å². The van der Waals surface area contributed by atoms with Gasteiger partial charge < -0.3 is 14.8 Å². The van der Waals surface area contributed by atoms with Gasteiger partial charge in [0.2, 0.25) is 10.0 Å². The first-order valence-electron chi connectivity index (χ1n) is 7.17. The number of hydrogen-bond acceptors (Lipinski definition) is 6. The minimum Gasteiger partial charge on any atom is -0.482 e. The molecule has 0 bridgehead atoms. The Morgan fingerprint density at radius 1 is 1.50 bits per heavy atom. The van der Waals surface area contributed by atoms with Crippen LogP contribution in [-0.4, -0.2) is 40.1 Å². The Bertz CT molecular complexity index is 765. The van der Waals surface area contributed by atoms with Crippen molar-refractivity contribution in [3.05, 3.63) is 17.2 Å². The highest BCUT2D eigenvalue weighted by molar-refractivity contribution is 7.89. The molecule has 1 aliphatic heterocycles. The smallest absolute Gasteiger partial charge is 0.309 e. The van der Waals surface area contributed by atoms with Gasteiger partial charge in [-0.2, -0.15) is 0 Å². The monoisotopic (exact) mass is 376 g/mol. The molecule has 1 amide bonds. The number of sulfonamides is 1. The third-order valence-electron chi connectivity index (χ3n) is 3.22. The molecule has 1 aromatic carbocycles. The molecule has 0 fully saturated rings. The van der Waals surface area contributed by atoms with Crippen LogP contribution in [0.2, 0.25) is 5.02 Å². The van der Waals surface area contributed by atoms with Crippen LogP contribution in [0.1, 0.15) is 13.8 Å². The van der Waals surface area contributed by atoms with Crippen molar-refractivity contribution in [2.45, 2.75) is 18.7 Å². The molecule has 2 rings (SSSR count). The molecule has 0 saturated carbocycles. The zero-order valence-corrected chi connectivity index (χ0v) is 14.7. The van der Waals surface area contributed by atoms with Gasteiger partial charge in [-0.3, -0.25) is 9.59 Å². The largest absolute Gasteiger partial charge is 0.482 e. The number of esters is 1.